The van der Waals surface area contributed by atoms with Crippen LogP contribution in [0.5, 0.6) is 0 Å². The lowest BCUT2D eigenvalue weighted by Gasteiger charge is -2.33. The summed E-state index contributed by atoms with van der Waals surface area (Å²) in [4.78, 5) is 19.1. The van der Waals surface area contributed by atoms with E-state index in [-0.39, 0.29) is 5.91 Å². The summed E-state index contributed by atoms with van der Waals surface area (Å²) < 4.78 is 3.80. The Morgan fingerprint density at radius 2 is 2.17 bits per heavy atom. The fraction of sp³-hybridized carbons (Fsp3) is 0.353. The van der Waals surface area contributed by atoms with Crippen LogP contribution < -0.4 is 0 Å². The maximum Gasteiger partial charge on any atom is 0.272 e. The molecule has 0 spiro atoms. The molecule has 1 aliphatic rings. The molecule has 1 fully saturated rings. The van der Waals surface area contributed by atoms with Crippen molar-refractivity contribution in [2.75, 3.05) is 13.1 Å². The second-order valence-corrected chi connectivity index (χ2v) is 6.05. The number of piperidine rings is 1. The third-order valence-electron chi connectivity index (χ3n) is 4.57. The van der Waals surface area contributed by atoms with E-state index in [4.69, 9.17) is 0 Å². The Morgan fingerprint density at radius 3 is 3.00 bits per heavy atom. The highest BCUT2D eigenvalue weighted by atomic mass is 16.2. The van der Waals surface area contributed by atoms with Gasteiger partial charge in [-0.2, -0.15) is 5.10 Å². The third-order valence-corrected chi connectivity index (χ3v) is 4.57. The quantitative estimate of drug-likeness (QED) is 0.729. The minimum Gasteiger partial charge on any atom is -0.335 e. The molecule has 0 radical (unpaired) electrons. The monoisotopic (exact) mass is 309 g/mol. The Balaban J connectivity index is 1.64. The Hall–Kier alpha value is -2.63. The van der Waals surface area contributed by atoms with Crippen LogP contribution in [-0.4, -0.2) is 43.2 Å². The summed E-state index contributed by atoms with van der Waals surface area (Å²) >= 11 is 0. The molecule has 23 heavy (non-hydrogen) atoms. The smallest absolute Gasteiger partial charge is 0.272 e. The minimum absolute atomic E-state index is 0.0611. The van der Waals surface area contributed by atoms with Crippen molar-refractivity contribution >= 4 is 16.8 Å². The second kappa shape index (κ2) is 5.53. The summed E-state index contributed by atoms with van der Waals surface area (Å²) in [6, 6.07) is 8.10. The summed E-state index contributed by atoms with van der Waals surface area (Å²) in [5.74, 6) is 0.0611. The highest BCUT2D eigenvalue weighted by Gasteiger charge is 2.28. The van der Waals surface area contributed by atoms with Gasteiger partial charge in [-0.3, -0.25) is 9.48 Å². The van der Waals surface area contributed by atoms with E-state index < -0.39 is 0 Å². The normalized spacial score (nSPS) is 18.5. The molecule has 2 aromatic heterocycles. The lowest BCUT2D eigenvalue weighted by Crippen LogP contribution is -2.41. The van der Waals surface area contributed by atoms with E-state index in [1.807, 2.05) is 48.7 Å². The Morgan fingerprint density at radius 1 is 1.30 bits per heavy atom. The second-order valence-electron chi connectivity index (χ2n) is 6.05. The summed E-state index contributed by atoms with van der Waals surface area (Å²) in [5, 5.41) is 5.37. The summed E-state index contributed by atoms with van der Waals surface area (Å²) in [5.41, 5.74) is 1.54. The molecule has 1 aromatic carbocycles. The number of nitrogens with zero attached hydrogens (tertiary/aromatic N) is 5. The Kier molecular flexibility index (Phi) is 3.37. The van der Waals surface area contributed by atoms with Crippen LogP contribution in [0.3, 0.4) is 0 Å². The van der Waals surface area contributed by atoms with Crippen LogP contribution in [0.25, 0.3) is 10.9 Å². The van der Waals surface area contributed by atoms with Crippen LogP contribution in [0, 0.1) is 0 Å². The zero-order chi connectivity index (χ0) is 15.8. The van der Waals surface area contributed by atoms with Gasteiger partial charge in [0.1, 0.15) is 5.69 Å². The number of imidazole rings is 1. The molecular formula is C17H19N5O. The zero-order valence-electron chi connectivity index (χ0n) is 13.1. The van der Waals surface area contributed by atoms with Crippen LogP contribution in [0.4, 0.5) is 0 Å². The largest absolute Gasteiger partial charge is 0.335 e. The SMILES string of the molecule is Cn1nc2ccccc2c1C(=O)N1CCCC(n2ccnc2)C1. The van der Waals surface area contributed by atoms with E-state index in [1.165, 1.54) is 0 Å². The van der Waals surface area contributed by atoms with Crippen molar-refractivity contribution in [2.45, 2.75) is 18.9 Å². The number of aromatic nitrogens is 4. The van der Waals surface area contributed by atoms with E-state index in [2.05, 4.69) is 14.6 Å². The van der Waals surface area contributed by atoms with Crippen molar-refractivity contribution in [1.29, 1.82) is 0 Å². The molecule has 0 aliphatic carbocycles. The van der Waals surface area contributed by atoms with Crippen LogP contribution >= 0.6 is 0 Å². The lowest BCUT2D eigenvalue weighted by molar-refractivity contribution is 0.0670. The molecule has 4 rings (SSSR count). The fourth-order valence-electron chi connectivity index (χ4n) is 3.42. The predicted octanol–water partition coefficient (Wildman–Crippen LogP) is 2.25. The molecule has 3 heterocycles. The van der Waals surface area contributed by atoms with Crippen molar-refractivity contribution in [3.8, 4) is 0 Å². The molecular weight excluding hydrogens is 290 g/mol. The molecule has 1 aliphatic heterocycles. The number of benzene rings is 1. The Labute approximate surface area is 134 Å². The van der Waals surface area contributed by atoms with Gasteiger partial charge in [0.05, 0.1) is 17.9 Å². The van der Waals surface area contributed by atoms with Crippen molar-refractivity contribution in [3.05, 3.63) is 48.7 Å². The molecule has 1 unspecified atom stereocenters. The van der Waals surface area contributed by atoms with Crippen molar-refractivity contribution in [1.82, 2.24) is 24.2 Å². The zero-order valence-corrected chi connectivity index (χ0v) is 13.1. The molecule has 118 valence electrons. The number of carbonyl (C=O) groups excluding carboxylic acids is 1. The third kappa shape index (κ3) is 2.40. The van der Waals surface area contributed by atoms with Gasteiger partial charge in [0.2, 0.25) is 0 Å². The number of hydrogen-bond acceptors (Lipinski definition) is 3. The maximum absolute atomic E-state index is 13.1. The summed E-state index contributed by atoms with van der Waals surface area (Å²) in [7, 11) is 1.84. The fourth-order valence-corrected chi connectivity index (χ4v) is 3.42. The van der Waals surface area contributed by atoms with E-state index >= 15 is 0 Å². The molecule has 3 aromatic rings. The van der Waals surface area contributed by atoms with Crippen LogP contribution in [0.15, 0.2) is 43.0 Å². The topological polar surface area (TPSA) is 56.0 Å². The van der Waals surface area contributed by atoms with Gasteiger partial charge in [0.25, 0.3) is 5.91 Å². The standard InChI is InChI=1S/C17H19N5O/c1-20-16(14-6-2-3-7-15(14)19-20)17(23)21-9-4-5-13(11-21)22-10-8-18-12-22/h2-3,6-8,10,12-13H,4-5,9,11H2,1H3. The first-order valence-corrected chi connectivity index (χ1v) is 7.92. The molecule has 0 N–H and O–H groups in total. The number of rotatable bonds is 2. The number of likely N-dealkylation sites (tertiary alicyclic amines) is 1. The first-order valence-electron chi connectivity index (χ1n) is 7.92. The number of carbonyl (C=O) groups is 1. The van der Waals surface area contributed by atoms with Gasteiger partial charge in [0, 0.05) is 37.9 Å². The van der Waals surface area contributed by atoms with Gasteiger partial charge in [-0.25, -0.2) is 4.98 Å². The van der Waals surface area contributed by atoms with Gasteiger partial charge >= 0.3 is 0 Å². The van der Waals surface area contributed by atoms with E-state index in [0.29, 0.717) is 18.3 Å². The molecule has 6 nitrogen and oxygen atoms in total. The first-order chi connectivity index (χ1) is 11.2. The number of hydrogen-bond donors (Lipinski definition) is 0. The molecule has 1 amide bonds. The van der Waals surface area contributed by atoms with Gasteiger partial charge in [-0.05, 0) is 18.9 Å². The van der Waals surface area contributed by atoms with Gasteiger partial charge in [0.15, 0.2) is 0 Å². The number of fused-ring (bicyclic) bond motifs is 1. The number of aryl methyl sites for hydroxylation is 1. The molecule has 6 heteroatoms. The van der Waals surface area contributed by atoms with Crippen LogP contribution in [-0.2, 0) is 7.05 Å². The summed E-state index contributed by atoms with van der Waals surface area (Å²) in [6.07, 6.45) is 7.67. The average molecular weight is 309 g/mol. The van der Waals surface area contributed by atoms with Crippen molar-refractivity contribution in [3.63, 3.8) is 0 Å². The summed E-state index contributed by atoms with van der Waals surface area (Å²) in [6.45, 7) is 1.51. The van der Waals surface area contributed by atoms with Crippen LogP contribution in [0.1, 0.15) is 29.4 Å². The molecule has 0 bridgehead atoms. The molecule has 1 atom stereocenters. The molecule has 0 saturated carbocycles. The van der Waals surface area contributed by atoms with E-state index in [0.717, 1.165) is 30.3 Å². The maximum atomic E-state index is 13.1. The highest BCUT2D eigenvalue weighted by Crippen LogP contribution is 2.25. The van der Waals surface area contributed by atoms with E-state index in [1.54, 1.807) is 10.9 Å². The average Bonchev–Trinajstić information content (AvgIpc) is 3.21. The van der Waals surface area contributed by atoms with E-state index in [9.17, 15) is 4.79 Å². The molecule has 1 saturated heterocycles. The highest BCUT2D eigenvalue weighted by molar-refractivity contribution is 6.05. The minimum atomic E-state index is 0.0611. The lowest BCUT2D eigenvalue weighted by atomic mass is 10.0. The first kappa shape index (κ1) is 14.0. The Bertz CT molecular complexity index is 836. The predicted molar refractivity (Wildman–Crippen MR) is 87.1 cm³/mol. The van der Waals surface area contributed by atoms with Crippen molar-refractivity contribution in [2.24, 2.45) is 7.05 Å². The van der Waals surface area contributed by atoms with Crippen molar-refractivity contribution < 1.29 is 4.79 Å². The van der Waals surface area contributed by atoms with Gasteiger partial charge < -0.3 is 9.47 Å². The van der Waals surface area contributed by atoms with Crippen LogP contribution in [0.2, 0.25) is 0 Å². The van der Waals surface area contributed by atoms with Gasteiger partial charge in [-0.15, -0.1) is 0 Å². The van der Waals surface area contributed by atoms with Gasteiger partial charge in [-0.1, -0.05) is 18.2 Å². The number of amides is 1.